The van der Waals surface area contributed by atoms with Gasteiger partial charge >= 0.3 is 30.3 Å². The summed E-state index contributed by atoms with van der Waals surface area (Å²) in [7, 11) is 3.57. The van der Waals surface area contributed by atoms with Gasteiger partial charge in [0.1, 0.15) is 0 Å². The first kappa shape index (κ1) is 34.4. The Morgan fingerprint density at radius 1 is 1.00 bits per heavy atom. The number of pyridine rings is 1. The Labute approximate surface area is 225 Å². The minimum absolute atomic E-state index is 0.0231. The Bertz CT molecular complexity index is 1000. The Morgan fingerprint density at radius 3 is 1.95 bits per heavy atom. The average Bonchev–Trinajstić information content (AvgIpc) is 3.04. The second-order valence-electron chi connectivity index (χ2n) is 9.36. The van der Waals surface area contributed by atoms with Crippen molar-refractivity contribution in [2.24, 2.45) is 5.41 Å². The van der Waals surface area contributed by atoms with Gasteiger partial charge in [0, 0.05) is 84.1 Å². The number of alkyl halides is 6. The van der Waals surface area contributed by atoms with E-state index in [0.29, 0.717) is 19.5 Å². The number of carboxylic acid groups (broad SMARTS) is 2. The molecule has 0 saturated carbocycles. The number of carbonyl (C=O) groups is 4. The summed E-state index contributed by atoms with van der Waals surface area (Å²) in [5.74, 6) is -5.31. The molecular weight excluding hydrogens is 556 g/mol. The van der Waals surface area contributed by atoms with Gasteiger partial charge in [-0.15, -0.1) is 0 Å². The molecule has 40 heavy (non-hydrogen) atoms. The SMILES string of the molecule is CCN1CC2(CC1=O)CN(Cc1cccnc1)CCN(C(=O)N(C)C)C2.O=C(O)C(F)(F)F.O=C(O)C(F)(F)F. The lowest BCUT2D eigenvalue weighted by Gasteiger charge is -2.34. The average molecular weight is 588 g/mol. The fraction of sp³-hybridized carbons (Fsp3) is 0.609. The van der Waals surface area contributed by atoms with Gasteiger partial charge < -0.3 is 24.9 Å². The molecule has 3 rings (SSSR count). The van der Waals surface area contributed by atoms with Crippen LogP contribution >= 0.6 is 0 Å². The molecule has 0 aliphatic carbocycles. The van der Waals surface area contributed by atoms with E-state index >= 15 is 0 Å². The van der Waals surface area contributed by atoms with E-state index in [1.54, 1.807) is 25.2 Å². The van der Waals surface area contributed by atoms with Gasteiger partial charge in [0.2, 0.25) is 5.91 Å². The van der Waals surface area contributed by atoms with Crippen molar-refractivity contribution in [3.63, 3.8) is 0 Å². The van der Waals surface area contributed by atoms with Crippen molar-refractivity contribution in [3.8, 4) is 0 Å². The minimum Gasteiger partial charge on any atom is -0.475 e. The molecule has 17 heteroatoms. The van der Waals surface area contributed by atoms with Gasteiger partial charge in [0.25, 0.3) is 0 Å². The normalized spacial score (nSPS) is 19.7. The fourth-order valence-corrected chi connectivity index (χ4v) is 4.16. The molecule has 3 amide bonds. The molecule has 0 bridgehead atoms. The number of aliphatic carboxylic acids is 2. The molecule has 2 aliphatic heterocycles. The summed E-state index contributed by atoms with van der Waals surface area (Å²) in [6.07, 6.45) is -5.99. The van der Waals surface area contributed by atoms with Gasteiger partial charge in [-0.2, -0.15) is 26.3 Å². The van der Waals surface area contributed by atoms with E-state index < -0.39 is 24.3 Å². The maximum Gasteiger partial charge on any atom is 0.490 e. The summed E-state index contributed by atoms with van der Waals surface area (Å²) in [6, 6.07) is 4.05. The molecule has 2 aliphatic rings. The zero-order valence-electron chi connectivity index (χ0n) is 22.0. The zero-order chi connectivity index (χ0) is 30.9. The van der Waals surface area contributed by atoms with E-state index in [1.807, 2.05) is 29.0 Å². The summed E-state index contributed by atoms with van der Waals surface area (Å²) in [5.41, 5.74) is 0.962. The minimum atomic E-state index is -5.08. The number of nitrogens with zero attached hydrogens (tertiary/aromatic N) is 5. The molecule has 3 heterocycles. The first-order valence-corrected chi connectivity index (χ1v) is 11.8. The maximum atomic E-state index is 12.6. The lowest BCUT2D eigenvalue weighted by molar-refractivity contribution is -0.193. The summed E-state index contributed by atoms with van der Waals surface area (Å²) in [4.78, 5) is 54.9. The highest BCUT2D eigenvalue weighted by molar-refractivity contribution is 5.80. The molecule has 0 aromatic carbocycles. The van der Waals surface area contributed by atoms with Crippen molar-refractivity contribution >= 4 is 23.9 Å². The predicted molar refractivity (Wildman–Crippen MR) is 127 cm³/mol. The van der Waals surface area contributed by atoms with E-state index in [2.05, 4.69) is 16.0 Å². The van der Waals surface area contributed by atoms with Crippen LogP contribution in [0.3, 0.4) is 0 Å². The molecular formula is C23H31F6N5O6. The van der Waals surface area contributed by atoms with Crippen LogP contribution in [0.2, 0.25) is 0 Å². The highest BCUT2D eigenvalue weighted by Crippen LogP contribution is 2.35. The third kappa shape index (κ3) is 10.9. The zero-order valence-corrected chi connectivity index (χ0v) is 22.0. The van der Waals surface area contributed by atoms with Crippen molar-refractivity contribution in [1.82, 2.24) is 24.6 Å². The van der Waals surface area contributed by atoms with Crippen LogP contribution in [0, 0.1) is 5.41 Å². The number of hydrogen-bond acceptors (Lipinski definition) is 6. The molecule has 1 unspecified atom stereocenters. The first-order chi connectivity index (χ1) is 18.3. The van der Waals surface area contributed by atoms with Crippen LogP contribution in [0.15, 0.2) is 24.5 Å². The van der Waals surface area contributed by atoms with E-state index in [4.69, 9.17) is 19.8 Å². The molecule has 0 radical (unpaired) electrons. The van der Waals surface area contributed by atoms with Gasteiger partial charge in [-0.05, 0) is 18.6 Å². The van der Waals surface area contributed by atoms with Crippen LogP contribution in [0.5, 0.6) is 0 Å². The van der Waals surface area contributed by atoms with E-state index in [1.165, 1.54) is 0 Å². The summed E-state index contributed by atoms with van der Waals surface area (Å²) in [5, 5.41) is 14.2. The number of likely N-dealkylation sites (tertiary alicyclic amines) is 1. The van der Waals surface area contributed by atoms with Crippen molar-refractivity contribution in [1.29, 1.82) is 0 Å². The molecule has 2 fully saturated rings. The quantitative estimate of drug-likeness (QED) is 0.515. The predicted octanol–water partition coefficient (Wildman–Crippen LogP) is 2.39. The highest BCUT2D eigenvalue weighted by Gasteiger charge is 2.47. The second kappa shape index (κ2) is 14.1. The number of carbonyl (C=O) groups excluding carboxylic acids is 2. The summed E-state index contributed by atoms with van der Waals surface area (Å²) in [6.45, 7) is 7.20. The Balaban J connectivity index is 0.000000473. The number of amides is 3. The molecule has 226 valence electrons. The Kier molecular flexibility index (Phi) is 12.2. The van der Waals surface area contributed by atoms with Crippen LogP contribution in [0.1, 0.15) is 18.9 Å². The van der Waals surface area contributed by atoms with Crippen LogP contribution in [-0.4, -0.2) is 124 Å². The van der Waals surface area contributed by atoms with Crippen molar-refractivity contribution in [2.75, 3.05) is 53.4 Å². The largest absolute Gasteiger partial charge is 0.490 e. The third-order valence-electron chi connectivity index (χ3n) is 5.83. The Morgan fingerprint density at radius 2 is 1.55 bits per heavy atom. The Hall–Kier alpha value is -3.63. The molecule has 2 N–H and O–H groups in total. The lowest BCUT2D eigenvalue weighted by atomic mass is 9.86. The van der Waals surface area contributed by atoms with Gasteiger partial charge in [0.05, 0.1) is 0 Å². The fourth-order valence-electron chi connectivity index (χ4n) is 4.16. The first-order valence-electron chi connectivity index (χ1n) is 11.8. The third-order valence-corrected chi connectivity index (χ3v) is 5.83. The van der Waals surface area contributed by atoms with E-state index in [9.17, 15) is 35.9 Å². The van der Waals surface area contributed by atoms with Gasteiger partial charge in [0.15, 0.2) is 0 Å². The summed E-state index contributed by atoms with van der Waals surface area (Å²) >= 11 is 0. The maximum absolute atomic E-state index is 12.6. The van der Waals surface area contributed by atoms with Crippen LogP contribution in [-0.2, 0) is 20.9 Å². The number of halogens is 6. The number of aromatic nitrogens is 1. The van der Waals surface area contributed by atoms with Gasteiger partial charge in [-0.25, -0.2) is 14.4 Å². The second-order valence-corrected chi connectivity index (χ2v) is 9.36. The van der Waals surface area contributed by atoms with Crippen LogP contribution < -0.4 is 0 Å². The standard InChI is InChI=1S/C19H29N5O2.2C2HF3O2/c1-4-23-14-19(10-17(23)25)13-22(12-16-6-5-7-20-11-16)8-9-24(15-19)18(26)21(2)3;2*3-2(4,5)1(6)7/h5-7,11H,4,8-10,12-15H2,1-3H3;2*(H,6,7). The molecule has 2 saturated heterocycles. The number of rotatable bonds is 3. The molecule has 1 aromatic rings. The molecule has 1 spiro atoms. The topological polar surface area (TPSA) is 135 Å². The number of hydrogen-bond donors (Lipinski definition) is 2. The number of urea groups is 1. The monoisotopic (exact) mass is 587 g/mol. The van der Waals surface area contributed by atoms with Gasteiger partial charge in [-0.3, -0.25) is 14.7 Å². The van der Waals surface area contributed by atoms with Crippen molar-refractivity contribution in [2.45, 2.75) is 32.2 Å². The highest BCUT2D eigenvalue weighted by atomic mass is 19.4. The number of carboxylic acids is 2. The molecule has 1 atom stereocenters. The van der Waals surface area contributed by atoms with Crippen LogP contribution in [0.25, 0.3) is 0 Å². The molecule has 1 aromatic heterocycles. The molecule has 11 nitrogen and oxygen atoms in total. The van der Waals surface area contributed by atoms with Gasteiger partial charge in [-0.1, -0.05) is 6.07 Å². The smallest absolute Gasteiger partial charge is 0.475 e. The lowest BCUT2D eigenvalue weighted by Crippen LogP contribution is -2.47. The summed E-state index contributed by atoms with van der Waals surface area (Å²) < 4.78 is 63.5. The van der Waals surface area contributed by atoms with E-state index in [-0.39, 0.29) is 17.4 Å². The van der Waals surface area contributed by atoms with Crippen LogP contribution in [0.4, 0.5) is 31.1 Å². The van der Waals surface area contributed by atoms with E-state index in [0.717, 1.165) is 38.3 Å². The van der Waals surface area contributed by atoms with Crippen molar-refractivity contribution in [3.05, 3.63) is 30.1 Å². The van der Waals surface area contributed by atoms with Crippen molar-refractivity contribution < 1.29 is 55.7 Å².